The number of H-pyrrole nitrogens is 1. The van der Waals surface area contributed by atoms with E-state index in [1.54, 1.807) is 13.2 Å². The highest BCUT2D eigenvalue weighted by Crippen LogP contribution is 2.24. The van der Waals surface area contributed by atoms with Gasteiger partial charge in [-0.1, -0.05) is 18.2 Å². The minimum Gasteiger partial charge on any atom is -0.360 e. The first-order chi connectivity index (χ1) is 11.1. The van der Waals surface area contributed by atoms with Gasteiger partial charge in [0.15, 0.2) is 5.78 Å². The van der Waals surface area contributed by atoms with Crippen molar-refractivity contribution in [3.63, 3.8) is 0 Å². The van der Waals surface area contributed by atoms with E-state index in [1.807, 2.05) is 31.2 Å². The van der Waals surface area contributed by atoms with E-state index in [2.05, 4.69) is 15.2 Å². The summed E-state index contributed by atoms with van der Waals surface area (Å²) >= 11 is 0. The maximum Gasteiger partial charge on any atom is 0.222 e. The van der Waals surface area contributed by atoms with Gasteiger partial charge in [0.2, 0.25) is 5.91 Å². The fourth-order valence-corrected chi connectivity index (χ4v) is 3.42. The second-order valence-electron chi connectivity index (χ2n) is 6.21. The molecule has 122 valence electrons. The summed E-state index contributed by atoms with van der Waals surface area (Å²) < 4.78 is 0. The van der Waals surface area contributed by atoms with Crippen LogP contribution in [0, 0.1) is 5.92 Å². The molecule has 1 atom stereocenters. The maximum atomic E-state index is 12.8. The number of ketones is 1. The Morgan fingerprint density at radius 3 is 2.65 bits per heavy atom. The second kappa shape index (κ2) is 6.54. The summed E-state index contributed by atoms with van der Waals surface area (Å²) in [6.07, 6.45) is 3.43. The van der Waals surface area contributed by atoms with E-state index in [0.717, 1.165) is 42.4 Å². The van der Waals surface area contributed by atoms with Crippen LogP contribution < -0.4 is 5.32 Å². The Morgan fingerprint density at radius 2 is 1.96 bits per heavy atom. The minimum atomic E-state index is -0.167. The Labute approximate surface area is 136 Å². The standard InChI is InChI=1S/C18H23N3O2/c1-12(21-9-7-13(8-10-21)18(23)19-2)17(22)15-11-20-16-6-4-3-5-14(15)16/h3-6,11-13,20H,7-10H2,1-2H3,(H,19,23). The average Bonchev–Trinajstić information content (AvgIpc) is 3.04. The van der Waals surface area contributed by atoms with Crippen LogP contribution in [0.15, 0.2) is 30.5 Å². The molecule has 0 spiro atoms. The Morgan fingerprint density at radius 1 is 1.26 bits per heavy atom. The first-order valence-electron chi connectivity index (χ1n) is 8.17. The molecule has 1 aromatic carbocycles. The lowest BCUT2D eigenvalue weighted by atomic mass is 9.93. The maximum absolute atomic E-state index is 12.8. The van der Waals surface area contributed by atoms with Crippen LogP contribution in [0.5, 0.6) is 0 Å². The third-order valence-electron chi connectivity index (χ3n) is 4.93. The number of hydrogen-bond acceptors (Lipinski definition) is 3. The molecule has 1 aromatic heterocycles. The van der Waals surface area contributed by atoms with E-state index in [9.17, 15) is 9.59 Å². The zero-order chi connectivity index (χ0) is 16.4. The fourth-order valence-electron chi connectivity index (χ4n) is 3.42. The predicted octanol–water partition coefficient (Wildman–Crippen LogP) is 2.20. The van der Waals surface area contributed by atoms with Crippen LogP contribution in [0.25, 0.3) is 10.9 Å². The first kappa shape index (κ1) is 15.7. The van der Waals surface area contributed by atoms with Crippen LogP contribution in [0.1, 0.15) is 30.1 Å². The number of piperidine rings is 1. The molecule has 0 bridgehead atoms. The summed E-state index contributed by atoms with van der Waals surface area (Å²) in [7, 11) is 1.68. The molecule has 1 saturated heterocycles. The average molecular weight is 313 g/mol. The molecule has 2 heterocycles. The largest absolute Gasteiger partial charge is 0.360 e. The molecule has 1 aliphatic heterocycles. The number of aromatic nitrogens is 1. The summed E-state index contributed by atoms with van der Waals surface area (Å²) in [6, 6.07) is 7.70. The first-order valence-corrected chi connectivity index (χ1v) is 8.17. The van der Waals surface area contributed by atoms with Gasteiger partial charge in [-0.25, -0.2) is 0 Å². The molecule has 0 saturated carbocycles. The summed E-state index contributed by atoms with van der Waals surface area (Å²) in [4.78, 5) is 29.9. The lowest BCUT2D eigenvalue weighted by Crippen LogP contribution is -2.46. The number of carbonyl (C=O) groups excluding carboxylic acids is 2. The van der Waals surface area contributed by atoms with E-state index in [0.29, 0.717) is 0 Å². The number of amides is 1. The van der Waals surface area contributed by atoms with Crippen molar-refractivity contribution in [1.82, 2.24) is 15.2 Å². The number of fused-ring (bicyclic) bond motifs is 1. The van der Waals surface area contributed by atoms with Gasteiger partial charge in [0.1, 0.15) is 0 Å². The highest BCUT2D eigenvalue weighted by molar-refractivity contribution is 6.10. The molecule has 23 heavy (non-hydrogen) atoms. The van der Waals surface area contributed by atoms with Crippen molar-refractivity contribution < 1.29 is 9.59 Å². The molecule has 0 radical (unpaired) electrons. The van der Waals surface area contributed by atoms with Gasteiger partial charge in [-0.2, -0.15) is 0 Å². The number of benzene rings is 1. The number of nitrogens with one attached hydrogen (secondary N) is 2. The van der Waals surface area contributed by atoms with Crippen molar-refractivity contribution in [2.75, 3.05) is 20.1 Å². The molecule has 0 aliphatic carbocycles. The van der Waals surface area contributed by atoms with Crippen LogP contribution in [0.2, 0.25) is 0 Å². The van der Waals surface area contributed by atoms with E-state index in [1.165, 1.54) is 0 Å². The summed E-state index contributed by atoms with van der Waals surface area (Å²) in [5, 5.41) is 3.69. The molecule has 1 aliphatic rings. The van der Waals surface area contributed by atoms with Gasteiger partial charge in [-0.05, 0) is 38.9 Å². The third-order valence-corrected chi connectivity index (χ3v) is 4.93. The third kappa shape index (κ3) is 3.01. The van der Waals surface area contributed by atoms with Gasteiger partial charge in [0.25, 0.3) is 0 Å². The predicted molar refractivity (Wildman–Crippen MR) is 90.5 cm³/mol. The van der Waals surface area contributed by atoms with E-state index in [4.69, 9.17) is 0 Å². The van der Waals surface area contributed by atoms with E-state index < -0.39 is 0 Å². The van der Waals surface area contributed by atoms with Crippen LogP contribution in [-0.2, 0) is 4.79 Å². The van der Waals surface area contributed by atoms with Crippen molar-refractivity contribution in [3.8, 4) is 0 Å². The molecule has 1 unspecified atom stereocenters. The molecule has 5 nitrogen and oxygen atoms in total. The van der Waals surface area contributed by atoms with Crippen LogP contribution in [0.3, 0.4) is 0 Å². The molecular formula is C18H23N3O2. The highest BCUT2D eigenvalue weighted by atomic mass is 16.1. The van der Waals surface area contributed by atoms with Crippen molar-refractivity contribution in [3.05, 3.63) is 36.0 Å². The zero-order valence-corrected chi connectivity index (χ0v) is 13.6. The lowest BCUT2D eigenvalue weighted by Gasteiger charge is -2.34. The molecular weight excluding hydrogens is 290 g/mol. The SMILES string of the molecule is CNC(=O)C1CCN(C(C)C(=O)c2c[nH]c3ccccc23)CC1. The molecule has 5 heteroatoms. The number of aromatic amines is 1. The number of carbonyl (C=O) groups is 2. The van der Waals surface area contributed by atoms with Crippen LogP contribution in [-0.4, -0.2) is 47.8 Å². The second-order valence-corrected chi connectivity index (χ2v) is 6.21. The Hall–Kier alpha value is -2.14. The molecule has 3 rings (SSSR count). The Balaban J connectivity index is 1.70. The lowest BCUT2D eigenvalue weighted by molar-refractivity contribution is -0.126. The highest BCUT2D eigenvalue weighted by Gasteiger charge is 2.30. The van der Waals surface area contributed by atoms with Gasteiger partial charge in [-0.15, -0.1) is 0 Å². The number of Topliss-reactive ketones (excluding diaryl/α,β-unsaturated/α-hetero) is 1. The normalized spacial score (nSPS) is 18.0. The minimum absolute atomic E-state index is 0.0756. The van der Waals surface area contributed by atoms with Crippen molar-refractivity contribution in [2.45, 2.75) is 25.8 Å². The fraction of sp³-hybridized carbons (Fsp3) is 0.444. The molecule has 2 N–H and O–H groups in total. The smallest absolute Gasteiger partial charge is 0.222 e. The number of para-hydroxylation sites is 1. The zero-order valence-electron chi connectivity index (χ0n) is 13.6. The number of rotatable bonds is 4. The van der Waals surface area contributed by atoms with Gasteiger partial charge in [-0.3, -0.25) is 14.5 Å². The molecule has 1 amide bonds. The Bertz CT molecular complexity index is 714. The van der Waals surface area contributed by atoms with Crippen molar-refractivity contribution in [1.29, 1.82) is 0 Å². The van der Waals surface area contributed by atoms with Crippen molar-refractivity contribution >= 4 is 22.6 Å². The van der Waals surface area contributed by atoms with Crippen molar-refractivity contribution in [2.24, 2.45) is 5.92 Å². The molecule has 1 fully saturated rings. The monoisotopic (exact) mass is 313 g/mol. The topological polar surface area (TPSA) is 65.2 Å². The van der Waals surface area contributed by atoms with Crippen LogP contribution >= 0.6 is 0 Å². The Kier molecular flexibility index (Phi) is 4.48. The molecule has 2 aromatic rings. The van der Waals surface area contributed by atoms with Crippen LogP contribution in [0.4, 0.5) is 0 Å². The number of nitrogens with zero attached hydrogens (tertiary/aromatic N) is 1. The van der Waals surface area contributed by atoms with E-state index >= 15 is 0 Å². The van der Waals surface area contributed by atoms with Gasteiger partial charge < -0.3 is 10.3 Å². The summed E-state index contributed by atoms with van der Waals surface area (Å²) in [5.41, 5.74) is 1.74. The summed E-state index contributed by atoms with van der Waals surface area (Å²) in [6.45, 7) is 3.53. The number of likely N-dealkylation sites (tertiary alicyclic amines) is 1. The van der Waals surface area contributed by atoms with Gasteiger partial charge in [0, 0.05) is 35.6 Å². The quantitative estimate of drug-likeness (QED) is 0.851. The van der Waals surface area contributed by atoms with Gasteiger partial charge in [0.05, 0.1) is 6.04 Å². The summed E-state index contributed by atoms with van der Waals surface area (Å²) in [5.74, 6) is 0.327. The van der Waals surface area contributed by atoms with Gasteiger partial charge >= 0.3 is 0 Å². The van der Waals surface area contributed by atoms with E-state index in [-0.39, 0.29) is 23.7 Å². The number of hydrogen-bond donors (Lipinski definition) is 2.